The maximum atomic E-state index is 11.3. The van der Waals surface area contributed by atoms with Gasteiger partial charge in [0.1, 0.15) is 5.52 Å². The highest BCUT2D eigenvalue weighted by Crippen LogP contribution is 2.13. The van der Waals surface area contributed by atoms with E-state index in [0.29, 0.717) is 13.1 Å². The monoisotopic (exact) mass is 233 g/mol. The maximum absolute atomic E-state index is 11.3. The SMILES string of the molecule is CCCNC(=O)NCc1ccc2ncoc2c1. The second kappa shape index (κ2) is 5.34. The third kappa shape index (κ3) is 2.96. The van der Waals surface area contributed by atoms with E-state index in [1.807, 2.05) is 25.1 Å². The summed E-state index contributed by atoms with van der Waals surface area (Å²) in [6, 6.07) is 5.53. The zero-order valence-corrected chi connectivity index (χ0v) is 9.69. The lowest BCUT2D eigenvalue weighted by molar-refractivity contribution is 0.240. The van der Waals surface area contributed by atoms with Gasteiger partial charge in [0.05, 0.1) is 0 Å². The van der Waals surface area contributed by atoms with E-state index in [2.05, 4.69) is 15.6 Å². The van der Waals surface area contributed by atoms with Crippen LogP contribution >= 0.6 is 0 Å². The van der Waals surface area contributed by atoms with Gasteiger partial charge in [-0.2, -0.15) is 0 Å². The second-order valence-corrected chi connectivity index (χ2v) is 3.76. The van der Waals surface area contributed by atoms with Crippen molar-refractivity contribution in [3.05, 3.63) is 30.2 Å². The quantitative estimate of drug-likeness (QED) is 0.849. The first-order chi connectivity index (χ1) is 8.29. The minimum absolute atomic E-state index is 0.149. The summed E-state index contributed by atoms with van der Waals surface area (Å²) in [4.78, 5) is 15.4. The van der Waals surface area contributed by atoms with Gasteiger partial charge in [0.25, 0.3) is 0 Å². The number of nitrogens with one attached hydrogen (secondary N) is 2. The number of hydrogen-bond donors (Lipinski definition) is 2. The molecule has 90 valence electrons. The van der Waals surface area contributed by atoms with E-state index in [9.17, 15) is 4.79 Å². The molecule has 0 bridgehead atoms. The maximum Gasteiger partial charge on any atom is 0.315 e. The molecule has 1 heterocycles. The molecular weight excluding hydrogens is 218 g/mol. The van der Waals surface area contributed by atoms with Crippen molar-refractivity contribution in [1.82, 2.24) is 15.6 Å². The fourth-order valence-electron chi connectivity index (χ4n) is 1.49. The van der Waals surface area contributed by atoms with Crippen molar-refractivity contribution in [1.29, 1.82) is 0 Å². The molecule has 0 fully saturated rings. The summed E-state index contributed by atoms with van der Waals surface area (Å²) in [5.41, 5.74) is 2.54. The molecule has 5 nitrogen and oxygen atoms in total. The average Bonchev–Trinajstić information content (AvgIpc) is 2.81. The van der Waals surface area contributed by atoms with Crippen molar-refractivity contribution < 1.29 is 9.21 Å². The summed E-state index contributed by atoms with van der Waals surface area (Å²) in [5.74, 6) is 0. The summed E-state index contributed by atoms with van der Waals surface area (Å²) >= 11 is 0. The molecule has 0 unspecified atom stereocenters. The van der Waals surface area contributed by atoms with Crippen LogP contribution < -0.4 is 10.6 Å². The highest BCUT2D eigenvalue weighted by molar-refractivity contribution is 5.75. The molecule has 5 heteroatoms. The normalized spacial score (nSPS) is 10.4. The van der Waals surface area contributed by atoms with Crippen LogP contribution in [0.5, 0.6) is 0 Å². The molecule has 0 spiro atoms. The molecule has 2 amide bonds. The van der Waals surface area contributed by atoms with Crippen LogP contribution in [0.25, 0.3) is 11.1 Å². The van der Waals surface area contributed by atoms with Gasteiger partial charge in [0.2, 0.25) is 0 Å². The molecule has 2 rings (SSSR count). The number of carbonyl (C=O) groups excluding carboxylic acids is 1. The third-order valence-electron chi connectivity index (χ3n) is 2.38. The standard InChI is InChI=1S/C12H15N3O2/c1-2-5-13-12(16)14-7-9-3-4-10-11(6-9)17-8-15-10/h3-4,6,8H,2,5,7H2,1H3,(H2,13,14,16). The first-order valence-corrected chi connectivity index (χ1v) is 5.63. The van der Waals surface area contributed by atoms with Gasteiger partial charge < -0.3 is 15.1 Å². The molecule has 2 N–H and O–H groups in total. The zero-order valence-electron chi connectivity index (χ0n) is 9.69. The first kappa shape index (κ1) is 11.4. The van der Waals surface area contributed by atoms with Gasteiger partial charge >= 0.3 is 6.03 Å². The number of rotatable bonds is 4. The third-order valence-corrected chi connectivity index (χ3v) is 2.38. The molecule has 1 aromatic heterocycles. The van der Waals surface area contributed by atoms with Crippen molar-refractivity contribution in [2.45, 2.75) is 19.9 Å². The molecule has 0 aliphatic carbocycles. The van der Waals surface area contributed by atoms with E-state index >= 15 is 0 Å². The van der Waals surface area contributed by atoms with Gasteiger partial charge in [-0.05, 0) is 24.1 Å². The van der Waals surface area contributed by atoms with E-state index in [-0.39, 0.29) is 6.03 Å². The Morgan fingerprint density at radius 1 is 1.41 bits per heavy atom. The number of hydrogen-bond acceptors (Lipinski definition) is 3. The summed E-state index contributed by atoms with van der Waals surface area (Å²) in [6.45, 7) is 3.18. The van der Waals surface area contributed by atoms with Crippen molar-refractivity contribution in [3.63, 3.8) is 0 Å². The van der Waals surface area contributed by atoms with Gasteiger partial charge in [-0.1, -0.05) is 13.0 Å². The van der Waals surface area contributed by atoms with Crippen molar-refractivity contribution >= 4 is 17.1 Å². The highest BCUT2D eigenvalue weighted by Gasteiger charge is 2.02. The summed E-state index contributed by atoms with van der Waals surface area (Å²) < 4.78 is 5.19. The largest absolute Gasteiger partial charge is 0.443 e. The molecule has 1 aromatic carbocycles. The first-order valence-electron chi connectivity index (χ1n) is 5.63. The van der Waals surface area contributed by atoms with Crippen molar-refractivity contribution in [2.24, 2.45) is 0 Å². The van der Waals surface area contributed by atoms with Crippen LogP contribution in [0.1, 0.15) is 18.9 Å². The molecule has 0 atom stereocenters. The number of aromatic nitrogens is 1. The van der Waals surface area contributed by atoms with Crippen LogP contribution in [0.3, 0.4) is 0 Å². The second-order valence-electron chi connectivity index (χ2n) is 3.76. The predicted octanol–water partition coefficient (Wildman–Crippen LogP) is 2.04. The van der Waals surface area contributed by atoms with Crippen LogP contribution in [0, 0.1) is 0 Å². The van der Waals surface area contributed by atoms with E-state index in [0.717, 1.165) is 23.1 Å². The Hall–Kier alpha value is -2.04. The topological polar surface area (TPSA) is 67.2 Å². The van der Waals surface area contributed by atoms with Gasteiger partial charge in [0.15, 0.2) is 12.0 Å². The van der Waals surface area contributed by atoms with E-state index < -0.39 is 0 Å². The number of benzene rings is 1. The number of oxazole rings is 1. The van der Waals surface area contributed by atoms with Crippen molar-refractivity contribution in [2.75, 3.05) is 6.54 Å². The van der Waals surface area contributed by atoms with Crippen LogP contribution in [0.4, 0.5) is 4.79 Å². The minimum Gasteiger partial charge on any atom is -0.443 e. The van der Waals surface area contributed by atoms with Crippen LogP contribution in [-0.4, -0.2) is 17.6 Å². The number of fused-ring (bicyclic) bond motifs is 1. The Balaban J connectivity index is 1.92. The molecule has 2 aromatic rings. The Kier molecular flexibility index (Phi) is 3.59. The van der Waals surface area contributed by atoms with Gasteiger partial charge in [-0.15, -0.1) is 0 Å². The Morgan fingerprint density at radius 2 is 2.29 bits per heavy atom. The van der Waals surface area contributed by atoms with E-state index in [1.54, 1.807) is 0 Å². The fraction of sp³-hybridized carbons (Fsp3) is 0.333. The molecule has 0 saturated heterocycles. The highest BCUT2D eigenvalue weighted by atomic mass is 16.3. The molecular formula is C12H15N3O2. The number of nitrogens with zero attached hydrogens (tertiary/aromatic N) is 1. The molecule has 17 heavy (non-hydrogen) atoms. The minimum atomic E-state index is -0.149. The van der Waals surface area contributed by atoms with Gasteiger partial charge in [-0.25, -0.2) is 9.78 Å². The lowest BCUT2D eigenvalue weighted by Gasteiger charge is -2.06. The summed E-state index contributed by atoms with van der Waals surface area (Å²) in [7, 11) is 0. The van der Waals surface area contributed by atoms with Crippen LogP contribution in [0.15, 0.2) is 29.0 Å². The Bertz CT molecular complexity index is 507. The smallest absolute Gasteiger partial charge is 0.315 e. The average molecular weight is 233 g/mol. The Morgan fingerprint density at radius 3 is 3.12 bits per heavy atom. The Labute approximate surface area is 99.2 Å². The molecule has 0 aliphatic heterocycles. The summed E-state index contributed by atoms with van der Waals surface area (Å²) in [6.07, 6.45) is 2.34. The van der Waals surface area contributed by atoms with Crippen LogP contribution in [0.2, 0.25) is 0 Å². The fourth-order valence-corrected chi connectivity index (χ4v) is 1.49. The summed E-state index contributed by atoms with van der Waals surface area (Å²) in [5, 5.41) is 5.53. The van der Waals surface area contributed by atoms with Crippen LogP contribution in [-0.2, 0) is 6.54 Å². The number of urea groups is 1. The molecule has 0 saturated carbocycles. The van der Waals surface area contributed by atoms with Gasteiger partial charge in [-0.3, -0.25) is 0 Å². The van der Waals surface area contributed by atoms with E-state index in [4.69, 9.17) is 4.42 Å². The lowest BCUT2D eigenvalue weighted by Crippen LogP contribution is -2.35. The van der Waals surface area contributed by atoms with Crippen molar-refractivity contribution in [3.8, 4) is 0 Å². The zero-order chi connectivity index (χ0) is 12.1. The van der Waals surface area contributed by atoms with Gasteiger partial charge in [0, 0.05) is 13.1 Å². The number of amides is 2. The molecule has 0 radical (unpaired) electrons. The number of carbonyl (C=O) groups is 1. The lowest BCUT2D eigenvalue weighted by atomic mass is 10.2. The predicted molar refractivity (Wildman–Crippen MR) is 64.5 cm³/mol. The van der Waals surface area contributed by atoms with E-state index in [1.165, 1.54) is 6.39 Å². The molecule has 0 aliphatic rings.